The molecule has 0 aliphatic heterocycles. The van der Waals surface area contributed by atoms with Crippen molar-refractivity contribution >= 4 is 15.9 Å². The Morgan fingerprint density at radius 3 is 2.17 bits per heavy atom. The quantitative estimate of drug-likeness (QED) is 0.416. The number of rotatable bonds is 11. The lowest BCUT2D eigenvalue weighted by Crippen LogP contribution is -2.41. The summed E-state index contributed by atoms with van der Waals surface area (Å²) in [5, 5.41) is 2.89. The van der Waals surface area contributed by atoms with Crippen LogP contribution in [-0.4, -0.2) is 46.5 Å². The number of benzene rings is 3. The second kappa shape index (κ2) is 11.9. The molecule has 192 valence electrons. The van der Waals surface area contributed by atoms with Crippen molar-refractivity contribution in [2.45, 2.75) is 31.3 Å². The van der Waals surface area contributed by atoms with Crippen LogP contribution in [-0.2, 0) is 21.4 Å². The van der Waals surface area contributed by atoms with E-state index >= 15 is 0 Å². The third kappa shape index (κ3) is 6.35. The average molecular weight is 513 g/mol. The van der Waals surface area contributed by atoms with Gasteiger partial charge in [-0.2, -0.15) is 4.31 Å². The summed E-state index contributed by atoms with van der Waals surface area (Å²) in [6.07, 6.45) is 0. The van der Waals surface area contributed by atoms with Gasteiger partial charge in [-0.05, 0) is 54.8 Å². The van der Waals surface area contributed by atoms with Gasteiger partial charge >= 0.3 is 0 Å². The van der Waals surface area contributed by atoms with Crippen LogP contribution in [0.4, 0.5) is 0 Å². The molecular weight excluding hydrogens is 480 g/mol. The van der Waals surface area contributed by atoms with E-state index in [4.69, 9.17) is 14.2 Å². The number of ether oxygens (including phenoxy) is 3. The van der Waals surface area contributed by atoms with E-state index in [-0.39, 0.29) is 23.7 Å². The minimum absolute atomic E-state index is 0.0154. The summed E-state index contributed by atoms with van der Waals surface area (Å²) < 4.78 is 44.6. The van der Waals surface area contributed by atoms with Gasteiger partial charge in [0.15, 0.2) is 11.5 Å². The Morgan fingerprint density at radius 2 is 1.53 bits per heavy atom. The normalized spacial score (nSPS) is 12.2. The van der Waals surface area contributed by atoms with Gasteiger partial charge in [0.25, 0.3) is 0 Å². The van der Waals surface area contributed by atoms with Gasteiger partial charge in [0.1, 0.15) is 10.6 Å². The highest BCUT2D eigenvalue weighted by molar-refractivity contribution is 7.89. The zero-order valence-corrected chi connectivity index (χ0v) is 22.0. The van der Waals surface area contributed by atoms with Crippen LogP contribution in [0.2, 0.25) is 0 Å². The highest BCUT2D eigenvalue weighted by atomic mass is 32.2. The smallest absolute Gasteiger partial charge is 0.247 e. The highest BCUT2D eigenvalue weighted by Crippen LogP contribution is 2.31. The van der Waals surface area contributed by atoms with Crippen LogP contribution in [0.25, 0.3) is 0 Å². The largest absolute Gasteiger partial charge is 0.495 e. The predicted molar refractivity (Wildman–Crippen MR) is 138 cm³/mol. The summed E-state index contributed by atoms with van der Waals surface area (Å²) >= 11 is 0. The highest BCUT2D eigenvalue weighted by Gasteiger charge is 2.30. The number of sulfonamides is 1. The topological polar surface area (TPSA) is 94.2 Å². The fourth-order valence-electron chi connectivity index (χ4n) is 3.79. The molecule has 9 heteroatoms. The molecule has 0 unspecified atom stereocenters. The van der Waals surface area contributed by atoms with E-state index in [2.05, 4.69) is 5.32 Å². The van der Waals surface area contributed by atoms with E-state index in [0.29, 0.717) is 11.5 Å². The lowest BCUT2D eigenvalue weighted by atomic mass is 10.1. The molecule has 3 aromatic rings. The predicted octanol–water partition coefficient (Wildman–Crippen LogP) is 4.09. The van der Waals surface area contributed by atoms with Gasteiger partial charge in [-0.3, -0.25) is 4.79 Å². The van der Waals surface area contributed by atoms with Crippen LogP contribution in [0.5, 0.6) is 17.2 Å². The number of amides is 1. The molecule has 36 heavy (non-hydrogen) atoms. The average Bonchev–Trinajstić information content (AvgIpc) is 2.88. The fourth-order valence-corrected chi connectivity index (χ4v) is 5.42. The summed E-state index contributed by atoms with van der Waals surface area (Å²) in [7, 11) is 0.438. The maximum atomic E-state index is 13.7. The summed E-state index contributed by atoms with van der Waals surface area (Å²) in [4.78, 5) is 13.1. The molecule has 1 amide bonds. The molecule has 0 aliphatic carbocycles. The van der Waals surface area contributed by atoms with Crippen molar-refractivity contribution in [2.75, 3.05) is 27.9 Å². The van der Waals surface area contributed by atoms with Crippen molar-refractivity contribution in [3.63, 3.8) is 0 Å². The van der Waals surface area contributed by atoms with Gasteiger partial charge < -0.3 is 19.5 Å². The van der Waals surface area contributed by atoms with Crippen LogP contribution in [0.15, 0.2) is 71.6 Å². The SMILES string of the molecule is COc1ccc([C@H](C)NC(=O)CN(Cc2ccccc2)S(=O)(=O)c2cc(C)ccc2OC)cc1OC. The summed E-state index contributed by atoms with van der Waals surface area (Å²) in [5.74, 6) is 0.893. The zero-order chi connectivity index (χ0) is 26.3. The lowest BCUT2D eigenvalue weighted by Gasteiger charge is -2.24. The number of carbonyl (C=O) groups is 1. The molecular formula is C27H32N2O6S. The van der Waals surface area contributed by atoms with Crippen molar-refractivity contribution in [3.8, 4) is 17.2 Å². The van der Waals surface area contributed by atoms with E-state index < -0.39 is 22.0 Å². The third-order valence-electron chi connectivity index (χ3n) is 5.74. The monoisotopic (exact) mass is 512 g/mol. The van der Waals surface area contributed by atoms with Gasteiger partial charge in [0.05, 0.1) is 33.9 Å². The Balaban J connectivity index is 1.88. The molecule has 0 aliphatic rings. The number of carbonyl (C=O) groups excluding carboxylic acids is 1. The van der Waals surface area contributed by atoms with Crippen LogP contribution in [0.1, 0.15) is 29.7 Å². The first-order valence-electron chi connectivity index (χ1n) is 11.4. The zero-order valence-electron chi connectivity index (χ0n) is 21.1. The second-order valence-electron chi connectivity index (χ2n) is 8.32. The lowest BCUT2D eigenvalue weighted by molar-refractivity contribution is -0.122. The molecule has 0 saturated carbocycles. The first kappa shape index (κ1) is 27.0. The van der Waals surface area contributed by atoms with Crippen molar-refractivity contribution in [1.82, 2.24) is 9.62 Å². The number of nitrogens with zero attached hydrogens (tertiary/aromatic N) is 1. The van der Waals surface area contributed by atoms with Crippen LogP contribution < -0.4 is 19.5 Å². The third-order valence-corrected chi connectivity index (χ3v) is 7.56. The first-order chi connectivity index (χ1) is 17.2. The number of hydrogen-bond acceptors (Lipinski definition) is 6. The molecule has 1 atom stereocenters. The van der Waals surface area contributed by atoms with E-state index in [1.54, 1.807) is 44.4 Å². The summed E-state index contributed by atoms with van der Waals surface area (Å²) in [6, 6.07) is 19.0. The first-order valence-corrected chi connectivity index (χ1v) is 12.8. The molecule has 0 fully saturated rings. The van der Waals surface area contributed by atoms with Gasteiger partial charge in [0, 0.05) is 6.54 Å². The van der Waals surface area contributed by atoms with Gasteiger partial charge in [0.2, 0.25) is 15.9 Å². The molecule has 0 aromatic heterocycles. The second-order valence-corrected chi connectivity index (χ2v) is 10.2. The Bertz CT molecular complexity index is 1290. The Labute approximate surface area is 212 Å². The Kier molecular flexibility index (Phi) is 8.95. The standard InChI is InChI=1S/C27H32N2O6S/c1-19-11-13-24(34-4)26(15-19)36(31,32)29(17-21-9-7-6-8-10-21)18-27(30)28-20(2)22-12-14-23(33-3)25(16-22)35-5/h6-16,20H,17-18H2,1-5H3,(H,28,30)/t20-/m0/s1. The molecule has 1 N–H and O–H groups in total. The molecule has 0 heterocycles. The van der Waals surface area contributed by atoms with Crippen molar-refractivity contribution in [3.05, 3.63) is 83.4 Å². The van der Waals surface area contributed by atoms with E-state index in [9.17, 15) is 13.2 Å². The number of nitrogens with one attached hydrogen (secondary N) is 1. The number of hydrogen-bond donors (Lipinski definition) is 1. The van der Waals surface area contributed by atoms with E-state index in [1.165, 1.54) is 14.2 Å². The minimum atomic E-state index is -4.07. The molecule has 0 bridgehead atoms. The summed E-state index contributed by atoms with van der Waals surface area (Å²) in [6.45, 7) is 3.28. The number of methoxy groups -OCH3 is 3. The Morgan fingerprint density at radius 1 is 0.889 bits per heavy atom. The van der Waals surface area contributed by atoms with Crippen molar-refractivity contribution in [1.29, 1.82) is 0 Å². The number of aryl methyl sites for hydroxylation is 1. The van der Waals surface area contributed by atoms with Crippen LogP contribution >= 0.6 is 0 Å². The van der Waals surface area contributed by atoms with E-state index in [1.807, 2.05) is 43.3 Å². The molecule has 8 nitrogen and oxygen atoms in total. The molecule has 0 saturated heterocycles. The van der Waals surface area contributed by atoms with Crippen molar-refractivity contribution < 1.29 is 27.4 Å². The van der Waals surface area contributed by atoms with E-state index in [0.717, 1.165) is 21.0 Å². The van der Waals surface area contributed by atoms with Gasteiger partial charge in [-0.1, -0.05) is 42.5 Å². The van der Waals surface area contributed by atoms with Crippen LogP contribution in [0, 0.1) is 6.92 Å². The molecule has 0 spiro atoms. The van der Waals surface area contributed by atoms with Crippen molar-refractivity contribution in [2.24, 2.45) is 0 Å². The maximum Gasteiger partial charge on any atom is 0.247 e. The van der Waals surface area contributed by atoms with Gasteiger partial charge in [-0.15, -0.1) is 0 Å². The molecule has 3 rings (SSSR count). The summed E-state index contributed by atoms with van der Waals surface area (Å²) in [5.41, 5.74) is 2.31. The molecule has 3 aromatic carbocycles. The minimum Gasteiger partial charge on any atom is -0.495 e. The van der Waals surface area contributed by atoms with Crippen LogP contribution in [0.3, 0.4) is 0 Å². The molecule has 0 radical (unpaired) electrons. The Hall–Kier alpha value is -3.56. The van der Waals surface area contributed by atoms with Gasteiger partial charge in [-0.25, -0.2) is 8.42 Å². The maximum absolute atomic E-state index is 13.7. The fraction of sp³-hybridized carbons (Fsp3) is 0.296.